The highest BCUT2D eigenvalue weighted by Gasteiger charge is 2.37. The number of fused-ring (bicyclic) bond motifs is 2. The fraction of sp³-hybridized carbons (Fsp3) is 0.517. The first-order valence-electron chi connectivity index (χ1n) is 13.5. The van der Waals surface area contributed by atoms with Crippen LogP contribution in [-0.4, -0.2) is 56.6 Å². The van der Waals surface area contributed by atoms with E-state index < -0.39 is 5.92 Å². The monoisotopic (exact) mass is 507 g/mol. The molecular weight excluding hydrogens is 472 g/mol. The normalized spacial score (nSPS) is 19.8. The lowest BCUT2D eigenvalue weighted by Crippen LogP contribution is -2.44. The maximum atomic E-state index is 13.6. The molecule has 8 heteroatoms. The zero-order valence-electron chi connectivity index (χ0n) is 21.8. The van der Waals surface area contributed by atoms with Crippen molar-refractivity contribution in [3.63, 3.8) is 0 Å². The van der Waals surface area contributed by atoms with E-state index >= 15 is 0 Å². The number of rotatable bonds is 5. The minimum Gasteiger partial charge on any atom is -0.493 e. The van der Waals surface area contributed by atoms with Crippen LogP contribution in [0.2, 0.25) is 0 Å². The molecule has 4 heterocycles. The molecule has 6 rings (SSSR count). The number of aromatic amines is 1. The molecule has 1 aromatic carbocycles. The van der Waals surface area contributed by atoms with E-state index in [0.29, 0.717) is 42.1 Å². The van der Waals surface area contributed by atoms with Gasteiger partial charge in [-0.3, -0.25) is 4.40 Å². The molecule has 0 bridgehead atoms. The van der Waals surface area contributed by atoms with Gasteiger partial charge in [0, 0.05) is 41.5 Å². The SMILES string of the molecule is COc1cc(-c2[nH]c3ccc(C4CCN(C5CCC(F)(F)CC5)CC4)cc3c2C(C)C)cn2cnnc12. The van der Waals surface area contributed by atoms with Gasteiger partial charge in [-0.2, -0.15) is 0 Å². The standard InChI is InChI=1S/C29H35F2N5O/c1-18(2)26-23-14-20(19-8-12-35(13-9-19)22-6-10-29(30,31)11-7-22)4-5-24(23)33-27(26)21-15-25(37-3)28-34-32-17-36(28)16-21/h4-5,14-19,22,33H,6-13H2,1-3H3. The topological polar surface area (TPSA) is 58.5 Å². The minimum atomic E-state index is -2.46. The summed E-state index contributed by atoms with van der Waals surface area (Å²) in [5.41, 5.74) is 6.64. The number of H-pyrrole nitrogens is 1. The highest BCUT2D eigenvalue weighted by atomic mass is 19.3. The van der Waals surface area contributed by atoms with Gasteiger partial charge in [0.1, 0.15) is 6.33 Å². The van der Waals surface area contributed by atoms with Crippen molar-refractivity contribution in [3.8, 4) is 17.0 Å². The van der Waals surface area contributed by atoms with Crippen LogP contribution in [0.5, 0.6) is 5.75 Å². The number of alkyl halides is 2. The summed E-state index contributed by atoms with van der Waals surface area (Å²) in [6.07, 6.45) is 7.23. The molecule has 196 valence electrons. The average Bonchev–Trinajstić information content (AvgIpc) is 3.52. The molecule has 1 saturated carbocycles. The van der Waals surface area contributed by atoms with Crippen molar-refractivity contribution in [3.05, 3.63) is 47.9 Å². The van der Waals surface area contributed by atoms with E-state index in [4.69, 9.17) is 4.74 Å². The van der Waals surface area contributed by atoms with Crippen molar-refractivity contribution in [2.24, 2.45) is 0 Å². The second kappa shape index (κ2) is 9.39. The molecule has 0 spiro atoms. The number of aromatic nitrogens is 4. The number of pyridine rings is 1. The van der Waals surface area contributed by atoms with Crippen LogP contribution in [0, 0.1) is 0 Å². The second-order valence-electron chi connectivity index (χ2n) is 11.1. The Bertz CT molecular complexity index is 1410. The van der Waals surface area contributed by atoms with Gasteiger partial charge in [-0.25, -0.2) is 8.78 Å². The molecule has 1 saturated heterocycles. The predicted molar refractivity (Wildman–Crippen MR) is 142 cm³/mol. The Morgan fingerprint density at radius 1 is 1.08 bits per heavy atom. The number of ether oxygens (including phenoxy) is 1. The van der Waals surface area contributed by atoms with Gasteiger partial charge in [0.2, 0.25) is 11.6 Å². The van der Waals surface area contributed by atoms with Crippen molar-refractivity contribution < 1.29 is 13.5 Å². The van der Waals surface area contributed by atoms with Crippen LogP contribution in [-0.2, 0) is 0 Å². The molecule has 1 aliphatic carbocycles. The number of hydrogen-bond donors (Lipinski definition) is 1. The molecule has 1 aliphatic heterocycles. The third kappa shape index (κ3) is 4.49. The summed E-state index contributed by atoms with van der Waals surface area (Å²) in [6.45, 7) is 6.46. The van der Waals surface area contributed by atoms with Gasteiger partial charge >= 0.3 is 0 Å². The van der Waals surface area contributed by atoms with Gasteiger partial charge in [-0.1, -0.05) is 19.9 Å². The lowest BCUT2D eigenvalue weighted by Gasteiger charge is -2.40. The third-order valence-electron chi connectivity index (χ3n) is 8.51. The number of nitrogens with zero attached hydrogens (tertiary/aromatic N) is 4. The predicted octanol–water partition coefficient (Wildman–Crippen LogP) is 6.77. The molecule has 0 amide bonds. The molecule has 3 aromatic heterocycles. The van der Waals surface area contributed by atoms with E-state index in [2.05, 4.69) is 52.1 Å². The number of nitrogens with one attached hydrogen (secondary N) is 1. The summed E-state index contributed by atoms with van der Waals surface area (Å²) in [6, 6.07) is 9.20. The Labute approximate surface area is 216 Å². The molecular formula is C29H35F2N5O. The summed E-state index contributed by atoms with van der Waals surface area (Å²) in [5.74, 6) is -0.941. The van der Waals surface area contributed by atoms with Crippen LogP contribution < -0.4 is 4.74 Å². The highest BCUT2D eigenvalue weighted by molar-refractivity contribution is 5.92. The van der Waals surface area contributed by atoms with Gasteiger partial charge in [-0.05, 0) is 79.9 Å². The Balaban J connectivity index is 1.27. The van der Waals surface area contributed by atoms with Crippen molar-refractivity contribution >= 4 is 16.6 Å². The van der Waals surface area contributed by atoms with Crippen LogP contribution in [0.3, 0.4) is 0 Å². The molecule has 1 N–H and O–H groups in total. The number of likely N-dealkylation sites (tertiary alicyclic amines) is 1. The van der Waals surface area contributed by atoms with Crippen LogP contribution in [0.15, 0.2) is 36.8 Å². The first kappa shape index (κ1) is 24.3. The molecule has 0 radical (unpaired) electrons. The van der Waals surface area contributed by atoms with Crippen molar-refractivity contribution in [2.45, 2.75) is 76.2 Å². The summed E-state index contributed by atoms with van der Waals surface area (Å²) < 4.78 is 34.7. The maximum absolute atomic E-state index is 13.6. The van der Waals surface area contributed by atoms with E-state index in [1.807, 2.05) is 16.7 Å². The first-order chi connectivity index (χ1) is 17.8. The molecule has 6 nitrogen and oxygen atoms in total. The average molecular weight is 508 g/mol. The van der Waals surface area contributed by atoms with Gasteiger partial charge in [0.05, 0.1) is 12.8 Å². The molecule has 4 aromatic rings. The van der Waals surface area contributed by atoms with Gasteiger partial charge in [0.25, 0.3) is 0 Å². The molecule has 37 heavy (non-hydrogen) atoms. The first-order valence-corrected chi connectivity index (χ1v) is 13.5. The smallest absolute Gasteiger partial charge is 0.248 e. The van der Waals surface area contributed by atoms with E-state index in [9.17, 15) is 8.78 Å². The lowest BCUT2D eigenvalue weighted by atomic mass is 9.85. The van der Waals surface area contributed by atoms with E-state index in [1.54, 1.807) is 13.4 Å². The largest absolute Gasteiger partial charge is 0.493 e. The third-order valence-corrected chi connectivity index (χ3v) is 8.51. The van der Waals surface area contributed by atoms with Crippen molar-refractivity contribution in [1.29, 1.82) is 0 Å². The van der Waals surface area contributed by atoms with E-state index in [0.717, 1.165) is 42.7 Å². The van der Waals surface area contributed by atoms with Crippen LogP contribution in [0.1, 0.15) is 75.3 Å². The molecule has 0 atom stereocenters. The van der Waals surface area contributed by atoms with Gasteiger partial charge in [-0.15, -0.1) is 10.2 Å². The minimum absolute atomic E-state index is 0.0399. The Morgan fingerprint density at radius 2 is 1.84 bits per heavy atom. The van der Waals surface area contributed by atoms with E-state index in [1.165, 1.54) is 16.5 Å². The molecule has 2 fully saturated rings. The van der Waals surface area contributed by atoms with Crippen molar-refractivity contribution in [2.75, 3.05) is 20.2 Å². The summed E-state index contributed by atoms with van der Waals surface area (Å²) >= 11 is 0. The van der Waals surface area contributed by atoms with Crippen LogP contribution >= 0.6 is 0 Å². The summed E-state index contributed by atoms with van der Waals surface area (Å²) in [5, 5.41) is 9.47. The number of benzene rings is 1. The Hall–Kier alpha value is -3.00. The van der Waals surface area contributed by atoms with Crippen LogP contribution in [0.4, 0.5) is 8.78 Å². The zero-order valence-corrected chi connectivity index (χ0v) is 21.8. The summed E-state index contributed by atoms with van der Waals surface area (Å²) in [4.78, 5) is 6.14. The van der Waals surface area contributed by atoms with Gasteiger partial charge < -0.3 is 14.6 Å². The number of hydrogen-bond acceptors (Lipinski definition) is 4. The van der Waals surface area contributed by atoms with Gasteiger partial charge in [0.15, 0.2) is 5.75 Å². The number of halogens is 2. The number of piperidine rings is 1. The fourth-order valence-electron chi connectivity index (χ4n) is 6.49. The Kier molecular flexibility index (Phi) is 6.18. The maximum Gasteiger partial charge on any atom is 0.248 e. The van der Waals surface area contributed by atoms with Crippen LogP contribution in [0.25, 0.3) is 27.8 Å². The van der Waals surface area contributed by atoms with Crippen molar-refractivity contribution in [1.82, 2.24) is 24.5 Å². The highest BCUT2D eigenvalue weighted by Crippen LogP contribution is 2.41. The van der Waals surface area contributed by atoms with E-state index in [-0.39, 0.29) is 12.8 Å². The summed E-state index contributed by atoms with van der Waals surface area (Å²) in [7, 11) is 1.66. The second-order valence-corrected chi connectivity index (χ2v) is 11.1. The number of methoxy groups -OCH3 is 1. The Morgan fingerprint density at radius 3 is 2.54 bits per heavy atom. The molecule has 0 unspecified atom stereocenters. The molecule has 2 aliphatic rings. The fourth-order valence-corrected chi connectivity index (χ4v) is 6.49. The zero-order chi connectivity index (χ0) is 25.7. The quantitative estimate of drug-likeness (QED) is 0.324. The lowest BCUT2D eigenvalue weighted by molar-refractivity contribution is -0.0558.